The summed E-state index contributed by atoms with van der Waals surface area (Å²) in [4.78, 5) is 3.75. The van der Waals surface area contributed by atoms with Gasteiger partial charge in [0.25, 0.3) is 0 Å². The van der Waals surface area contributed by atoms with Crippen molar-refractivity contribution in [1.29, 1.82) is 5.26 Å². The van der Waals surface area contributed by atoms with Crippen molar-refractivity contribution in [2.75, 3.05) is 20.1 Å². The van der Waals surface area contributed by atoms with Crippen molar-refractivity contribution in [3.05, 3.63) is 57.3 Å². The Morgan fingerprint density at radius 1 is 1.32 bits per heavy atom. The highest BCUT2D eigenvalue weighted by Gasteiger charge is 2.26. The van der Waals surface area contributed by atoms with Gasteiger partial charge in [0.2, 0.25) is 0 Å². The Kier molecular flexibility index (Phi) is 3.37. The molecule has 2 heterocycles. The first kappa shape index (κ1) is 12.4. The molecule has 0 amide bonds. The predicted molar refractivity (Wildman–Crippen MR) is 78.5 cm³/mol. The lowest BCUT2D eigenvalue weighted by Crippen LogP contribution is -2.24. The minimum absolute atomic E-state index is 0.399. The maximum Gasteiger partial charge on any atom is 0.100 e. The van der Waals surface area contributed by atoms with Crippen LogP contribution in [0.4, 0.5) is 0 Å². The molecule has 1 aromatic heterocycles. The Hall–Kier alpha value is -1.63. The number of nitrogens with zero attached hydrogens (tertiary/aromatic N) is 2. The summed E-state index contributed by atoms with van der Waals surface area (Å²) in [5.74, 6) is 0.399. The molecule has 2 nitrogen and oxygen atoms in total. The molecule has 19 heavy (non-hydrogen) atoms. The first-order chi connectivity index (χ1) is 9.29. The highest BCUT2D eigenvalue weighted by atomic mass is 32.1. The third-order valence-electron chi connectivity index (χ3n) is 3.80. The fourth-order valence-corrected chi connectivity index (χ4v) is 3.94. The molecule has 1 aliphatic heterocycles. The summed E-state index contributed by atoms with van der Waals surface area (Å²) >= 11 is 1.75. The van der Waals surface area contributed by atoms with Gasteiger partial charge in [-0.05, 0) is 24.6 Å². The predicted octanol–water partition coefficient (Wildman–Crippen LogP) is 3.24. The summed E-state index contributed by atoms with van der Waals surface area (Å²) in [6.07, 6.45) is 0.988. The van der Waals surface area contributed by atoms with E-state index in [0.29, 0.717) is 5.92 Å². The van der Waals surface area contributed by atoms with E-state index in [4.69, 9.17) is 0 Å². The van der Waals surface area contributed by atoms with Gasteiger partial charge >= 0.3 is 0 Å². The van der Waals surface area contributed by atoms with E-state index >= 15 is 0 Å². The molecule has 0 N–H and O–H groups in total. The van der Waals surface area contributed by atoms with E-state index < -0.39 is 0 Å². The second-order valence-electron chi connectivity index (χ2n) is 5.08. The van der Waals surface area contributed by atoms with Crippen molar-refractivity contribution >= 4 is 11.3 Å². The molecule has 1 unspecified atom stereocenters. The number of hydrogen-bond donors (Lipinski definition) is 0. The van der Waals surface area contributed by atoms with Crippen molar-refractivity contribution in [2.24, 2.45) is 0 Å². The van der Waals surface area contributed by atoms with E-state index in [1.165, 1.54) is 16.0 Å². The van der Waals surface area contributed by atoms with Gasteiger partial charge in [-0.25, -0.2) is 0 Å². The molecule has 2 aromatic rings. The SMILES string of the molecule is CN1CCc2c(C#N)csc2C(c2ccccc2)C1. The monoisotopic (exact) mass is 268 g/mol. The number of benzene rings is 1. The third kappa shape index (κ3) is 2.30. The van der Waals surface area contributed by atoms with Crippen LogP contribution in [-0.2, 0) is 6.42 Å². The highest BCUT2D eigenvalue weighted by molar-refractivity contribution is 7.10. The minimum atomic E-state index is 0.399. The van der Waals surface area contributed by atoms with E-state index in [2.05, 4.69) is 48.3 Å². The number of fused-ring (bicyclic) bond motifs is 1. The van der Waals surface area contributed by atoms with Gasteiger partial charge in [-0.15, -0.1) is 11.3 Å². The first-order valence-corrected chi connectivity index (χ1v) is 7.41. The summed E-state index contributed by atoms with van der Waals surface area (Å²) in [7, 11) is 2.17. The van der Waals surface area contributed by atoms with E-state index in [0.717, 1.165) is 25.1 Å². The zero-order valence-corrected chi connectivity index (χ0v) is 11.8. The Balaban J connectivity index is 2.09. The molecular formula is C16H16N2S. The average Bonchev–Trinajstić information content (AvgIpc) is 2.78. The molecule has 0 fully saturated rings. The van der Waals surface area contributed by atoms with Gasteiger partial charge in [0, 0.05) is 29.3 Å². The van der Waals surface area contributed by atoms with Gasteiger partial charge in [-0.1, -0.05) is 30.3 Å². The van der Waals surface area contributed by atoms with Gasteiger partial charge < -0.3 is 4.90 Å². The standard InChI is InChI=1S/C16H16N2S/c1-18-8-7-14-13(9-17)11-19-16(14)15(10-18)12-5-3-2-4-6-12/h2-6,11,15H,7-8,10H2,1H3. The zero-order chi connectivity index (χ0) is 13.2. The molecular weight excluding hydrogens is 252 g/mol. The van der Waals surface area contributed by atoms with E-state index in [1.807, 2.05) is 5.38 Å². The molecule has 3 heteroatoms. The average molecular weight is 268 g/mol. The van der Waals surface area contributed by atoms with Crippen molar-refractivity contribution < 1.29 is 0 Å². The second-order valence-corrected chi connectivity index (χ2v) is 5.99. The number of hydrogen-bond acceptors (Lipinski definition) is 3. The van der Waals surface area contributed by atoms with Gasteiger partial charge in [0.15, 0.2) is 0 Å². The van der Waals surface area contributed by atoms with Crippen LogP contribution in [0, 0.1) is 11.3 Å². The third-order valence-corrected chi connectivity index (χ3v) is 4.94. The normalized spacial score (nSPS) is 19.5. The molecule has 0 bridgehead atoms. The molecule has 0 aliphatic carbocycles. The lowest BCUT2D eigenvalue weighted by atomic mass is 9.94. The van der Waals surface area contributed by atoms with Crippen molar-refractivity contribution in [3.63, 3.8) is 0 Å². The van der Waals surface area contributed by atoms with E-state index in [-0.39, 0.29) is 0 Å². The molecule has 0 radical (unpaired) electrons. The lowest BCUT2D eigenvalue weighted by molar-refractivity contribution is 0.338. The van der Waals surface area contributed by atoms with Crippen LogP contribution in [0.15, 0.2) is 35.7 Å². The molecule has 0 saturated carbocycles. The van der Waals surface area contributed by atoms with Crippen LogP contribution in [0.1, 0.15) is 27.5 Å². The number of likely N-dealkylation sites (N-methyl/N-ethyl adjacent to an activating group) is 1. The zero-order valence-electron chi connectivity index (χ0n) is 11.0. The van der Waals surface area contributed by atoms with Crippen LogP contribution in [0.3, 0.4) is 0 Å². The smallest absolute Gasteiger partial charge is 0.100 e. The molecule has 96 valence electrons. The Morgan fingerprint density at radius 3 is 2.84 bits per heavy atom. The summed E-state index contributed by atoms with van der Waals surface area (Å²) in [6, 6.07) is 13.0. The Morgan fingerprint density at radius 2 is 2.11 bits per heavy atom. The lowest BCUT2D eigenvalue weighted by Gasteiger charge is -2.20. The first-order valence-electron chi connectivity index (χ1n) is 6.53. The maximum absolute atomic E-state index is 9.24. The Bertz CT molecular complexity index is 609. The quantitative estimate of drug-likeness (QED) is 0.794. The summed E-state index contributed by atoms with van der Waals surface area (Å²) in [6.45, 7) is 2.06. The molecule has 3 rings (SSSR count). The van der Waals surface area contributed by atoms with Crippen molar-refractivity contribution in [2.45, 2.75) is 12.3 Å². The number of nitriles is 1. The molecule has 0 saturated heterocycles. The van der Waals surface area contributed by atoms with Crippen LogP contribution in [0.25, 0.3) is 0 Å². The van der Waals surface area contributed by atoms with Crippen LogP contribution in [0.2, 0.25) is 0 Å². The van der Waals surface area contributed by atoms with Crippen LogP contribution in [0.5, 0.6) is 0 Å². The van der Waals surface area contributed by atoms with Crippen LogP contribution >= 0.6 is 11.3 Å². The van der Waals surface area contributed by atoms with Crippen molar-refractivity contribution in [1.82, 2.24) is 4.90 Å². The van der Waals surface area contributed by atoms with Crippen LogP contribution in [-0.4, -0.2) is 25.0 Å². The van der Waals surface area contributed by atoms with Gasteiger partial charge in [0.05, 0.1) is 5.56 Å². The van der Waals surface area contributed by atoms with E-state index in [9.17, 15) is 5.26 Å². The molecule has 1 aromatic carbocycles. The van der Waals surface area contributed by atoms with Crippen molar-refractivity contribution in [3.8, 4) is 6.07 Å². The fraction of sp³-hybridized carbons (Fsp3) is 0.312. The topological polar surface area (TPSA) is 27.0 Å². The van der Waals surface area contributed by atoms with Gasteiger partial charge in [-0.2, -0.15) is 5.26 Å². The molecule has 1 atom stereocenters. The summed E-state index contributed by atoms with van der Waals surface area (Å²) < 4.78 is 0. The van der Waals surface area contributed by atoms with Gasteiger partial charge in [-0.3, -0.25) is 0 Å². The minimum Gasteiger partial charge on any atom is -0.305 e. The van der Waals surface area contributed by atoms with Gasteiger partial charge in [0.1, 0.15) is 6.07 Å². The molecule has 1 aliphatic rings. The highest BCUT2D eigenvalue weighted by Crippen LogP contribution is 2.36. The number of thiophene rings is 1. The van der Waals surface area contributed by atoms with E-state index in [1.54, 1.807) is 11.3 Å². The molecule has 0 spiro atoms. The number of rotatable bonds is 1. The largest absolute Gasteiger partial charge is 0.305 e. The summed E-state index contributed by atoms with van der Waals surface area (Å²) in [5.41, 5.74) is 3.49. The maximum atomic E-state index is 9.24. The van der Waals surface area contributed by atoms with Crippen LogP contribution < -0.4 is 0 Å². The fourth-order valence-electron chi connectivity index (χ4n) is 2.77. The Labute approximate surface area is 117 Å². The second kappa shape index (κ2) is 5.16. The summed E-state index contributed by atoms with van der Waals surface area (Å²) in [5, 5.41) is 11.3.